The van der Waals surface area contributed by atoms with Crippen LogP contribution in [-0.2, 0) is 6.42 Å². The Bertz CT molecular complexity index is 723. The van der Waals surface area contributed by atoms with Crippen molar-refractivity contribution in [2.75, 3.05) is 26.2 Å². The summed E-state index contributed by atoms with van der Waals surface area (Å²) in [5.41, 5.74) is 2.19. The van der Waals surface area contributed by atoms with Gasteiger partial charge in [0.25, 0.3) is 0 Å². The fraction of sp³-hybridized carbons (Fsp3) is 0.476. The lowest BCUT2D eigenvalue weighted by Gasteiger charge is -2.32. The second kappa shape index (κ2) is 9.90. The van der Waals surface area contributed by atoms with Crippen LogP contribution >= 0.6 is 0 Å². The second-order valence-corrected chi connectivity index (χ2v) is 6.90. The molecule has 1 fully saturated rings. The molecule has 2 aromatic rings. The van der Waals surface area contributed by atoms with Crippen molar-refractivity contribution in [3.05, 3.63) is 54.1 Å². The largest absolute Gasteiger partial charge is 0.494 e. The molecular formula is C21H28N4O2. The lowest BCUT2D eigenvalue weighted by molar-refractivity contribution is 0.179. The van der Waals surface area contributed by atoms with Crippen LogP contribution in [0.5, 0.6) is 5.75 Å². The van der Waals surface area contributed by atoms with E-state index in [1.807, 2.05) is 29.2 Å². The van der Waals surface area contributed by atoms with Crippen molar-refractivity contribution in [2.45, 2.75) is 38.5 Å². The van der Waals surface area contributed by atoms with Crippen LogP contribution in [0.3, 0.4) is 0 Å². The summed E-state index contributed by atoms with van der Waals surface area (Å²) in [7, 11) is 0. The molecule has 0 aliphatic carbocycles. The summed E-state index contributed by atoms with van der Waals surface area (Å²) in [5.74, 6) is 1.18. The van der Waals surface area contributed by atoms with Crippen LogP contribution in [0, 0.1) is 0 Å². The maximum Gasteiger partial charge on any atom is 0.317 e. The van der Waals surface area contributed by atoms with E-state index in [9.17, 15) is 4.79 Å². The second-order valence-electron chi connectivity index (χ2n) is 6.90. The van der Waals surface area contributed by atoms with Crippen molar-refractivity contribution >= 4 is 6.03 Å². The zero-order valence-corrected chi connectivity index (χ0v) is 15.9. The Morgan fingerprint density at radius 2 is 2.30 bits per heavy atom. The Hall–Kier alpha value is -2.63. The number of benzene rings is 1. The number of nitrogens with one attached hydrogen (secondary N) is 1. The van der Waals surface area contributed by atoms with Crippen LogP contribution in [0.25, 0.3) is 0 Å². The van der Waals surface area contributed by atoms with E-state index in [4.69, 9.17) is 4.74 Å². The average Bonchev–Trinajstić information content (AvgIpc) is 2.73. The van der Waals surface area contributed by atoms with Crippen LogP contribution in [0.1, 0.15) is 43.4 Å². The van der Waals surface area contributed by atoms with Gasteiger partial charge in [0.1, 0.15) is 12.1 Å². The first kappa shape index (κ1) is 19.1. The van der Waals surface area contributed by atoms with E-state index in [1.165, 1.54) is 5.56 Å². The molecule has 0 saturated carbocycles. The molecule has 2 amide bonds. The highest BCUT2D eigenvalue weighted by molar-refractivity contribution is 5.74. The van der Waals surface area contributed by atoms with Gasteiger partial charge in [0.05, 0.1) is 6.61 Å². The van der Waals surface area contributed by atoms with Gasteiger partial charge in [-0.1, -0.05) is 19.1 Å². The molecule has 2 heterocycles. The summed E-state index contributed by atoms with van der Waals surface area (Å²) in [6.07, 6.45) is 7.18. The molecule has 1 aliphatic heterocycles. The first-order valence-corrected chi connectivity index (χ1v) is 9.76. The number of carbonyl (C=O) groups is 1. The van der Waals surface area contributed by atoms with Gasteiger partial charge in [0.15, 0.2) is 0 Å². The topological polar surface area (TPSA) is 67.3 Å². The van der Waals surface area contributed by atoms with Crippen molar-refractivity contribution in [2.24, 2.45) is 0 Å². The van der Waals surface area contributed by atoms with Gasteiger partial charge in [-0.3, -0.25) is 0 Å². The molecule has 144 valence electrons. The highest BCUT2D eigenvalue weighted by atomic mass is 16.5. The van der Waals surface area contributed by atoms with Gasteiger partial charge in [-0.15, -0.1) is 0 Å². The maximum atomic E-state index is 12.5. The monoisotopic (exact) mass is 368 g/mol. The molecule has 1 atom stereocenters. The summed E-state index contributed by atoms with van der Waals surface area (Å²) in [4.78, 5) is 22.8. The fourth-order valence-corrected chi connectivity index (χ4v) is 3.38. The van der Waals surface area contributed by atoms with E-state index < -0.39 is 0 Å². The van der Waals surface area contributed by atoms with E-state index in [-0.39, 0.29) is 6.03 Å². The van der Waals surface area contributed by atoms with Crippen LogP contribution < -0.4 is 10.1 Å². The Kier molecular flexibility index (Phi) is 7.02. The molecule has 6 heteroatoms. The smallest absolute Gasteiger partial charge is 0.317 e. The standard InChI is InChI=1S/C21H28N4O2/c1-2-13-27-19-7-3-5-17(14-19)8-11-23-21(26)25-12-4-6-18(15-25)20-9-10-22-16-24-20/h3,5,7,9-10,14,16,18H,2,4,6,8,11-13,15H2,1H3,(H,23,26). The molecule has 1 unspecified atom stereocenters. The van der Waals surface area contributed by atoms with Gasteiger partial charge >= 0.3 is 6.03 Å². The number of nitrogens with zero attached hydrogens (tertiary/aromatic N) is 3. The quantitative estimate of drug-likeness (QED) is 0.813. The summed E-state index contributed by atoms with van der Waals surface area (Å²) < 4.78 is 5.67. The predicted octanol–water partition coefficient (Wildman–Crippen LogP) is 3.40. The molecular weight excluding hydrogens is 340 g/mol. The van der Waals surface area contributed by atoms with E-state index in [2.05, 4.69) is 28.3 Å². The molecule has 1 aromatic heterocycles. The third kappa shape index (κ3) is 5.67. The minimum Gasteiger partial charge on any atom is -0.494 e. The molecule has 0 bridgehead atoms. The summed E-state index contributed by atoms with van der Waals surface area (Å²) >= 11 is 0. The number of aromatic nitrogens is 2. The SMILES string of the molecule is CCCOc1cccc(CCNC(=O)N2CCCC(c3ccncn3)C2)c1. The summed E-state index contributed by atoms with van der Waals surface area (Å²) in [6, 6.07) is 10.0. The van der Waals surface area contributed by atoms with Gasteiger partial charge < -0.3 is 15.0 Å². The minimum atomic E-state index is 0.00661. The molecule has 1 N–H and O–H groups in total. The maximum absolute atomic E-state index is 12.5. The zero-order valence-electron chi connectivity index (χ0n) is 15.9. The van der Waals surface area contributed by atoms with E-state index in [0.717, 1.165) is 50.3 Å². The molecule has 3 rings (SSSR count). The van der Waals surface area contributed by atoms with Crippen molar-refractivity contribution in [1.82, 2.24) is 20.2 Å². The van der Waals surface area contributed by atoms with Crippen LogP contribution in [0.4, 0.5) is 4.79 Å². The zero-order chi connectivity index (χ0) is 18.9. The Balaban J connectivity index is 1.46. The Morgan fingerprint density at radius 3 is 3.11 bits per heavy atom. The highest BCUT2D eigenvalue weighted by Gasteiger charge is 2.25. The van der Waals surface area contributed by atoms with Gasteiger partial charge in [0, 0.05) is 37.4 Å². The molecule has 0 spiro atoms. The third-order valence-corrected chi connectivity index (χ3v) is 4.79. The van der Waals surface area contributed by atoms with E-state index in [1.54, 1.807) is 12.5 Å². The summed E-state index contributed by atoms with van der Waals surface area (Å²) in [5, 5.41) is 3.05. The lowest BCUT2D eigenvalue weighted by atomic mass is 9.95. The van der Waals surface area contributed by atoms with Crippen LogP contribution in [-0.4, -0.2) is 47.1 Å². The van der Waals surface area contributed by atoms with E-state index in [0.29, 0.717) is 19.0 Å². The number of amides is 2. The van der Waals surface area contributed by atoms with Crippen LogP contribution in [0.2, 0.25) is 0 Å². The number of hydrogen-bond acceptors (Lipinski definition) is 4. The number of hydrogen-bond donors (Lipinski definition) is 1. The average molecular weight is 368 g/mol. The summed E-state index contributed by atoms with van der Waals surface area (Å²) in [6.45, 7) is 4.94. The number of rotatable bonds is 7. The molecule has 1 aromatic carbocycles. The molecule has 0 radical (unpaired) electrons. The van der Waals surface area contributed by atoms with Gasteiger partial charge in [0.2, 0.25) is 0 Å². The van der Waals surface area contributed by atoms with Gasteiger partial charge in [-0.25, -0.2) is 14.8 Å². The molecule has 6 nitrogen and oxygen atoms in total. The number of carbonyl (C=O) groups excluding carboxylic acids is 1. The lowest BCUT2D eigenvalue weighted by Crippen LogP contribution is -2.45. The first-order valence-electron chi connectivity index (χ1n) is 9.76. The Labute approximate surface area is 161 Å². The number of likely N-dealkylation sites (tertiary alicyclic amines) is 1. The van der Waals surface area contributed by atoms with Crippen molar-refractivity contribution in [1.29, 1.82) is 0 Å². The highest BCUT2D eigenvalue weighted by Crippen LogP contribution is 2.25. The van der Waals surface area contributed by atoms with Crippen molar-refractivity contribution < 1.29 is 9.53 Å². The molecule has 1 aliphatic rings. The van der Waals surface area contributed by atoms with Gasteiger partial charge in [-0.05, 0) is 49.4 Å². The van der Waals surface area contributed by atoms with Gasteiger partial charge in [-0.2, -0.15) is 0 Å². The number of ether oxygens (including phenoxy) is 1. The first-order chi connectivity index (χ1) is 13.3. The van der Waals surface area contributed by atoms with Crippen molar-refractivity contribution in [3.63, 3.8) is 0 Å². The minimum absolute atomic E-state index is 0.00661. The fourth-order valence-electron chi connectivity index (χ4n) is 3.38. The molecule has 1 saturated heterocycles. The predicted molar refractivity (Wildman–Crippen MR) is 105 cm³/mol. The Morgan fingerprint density at radius 1 is 1.37 bits per heavy atom. The molecule has 27 heavy (non-hydrogen) atoms. The number of urea groups is 1. The number of piperidine rings is 1. The normalized spacial score (nSPS) is 16.8. The van der Waals surface area contributed by atoms with Crippen LogP contribution in [0.15, 0.2) is 42.9 Å². The van der Waals surface area contributed by atoms with E-state index >= 15 is 0 Å². The van der Waals surface area contributed by atoms with Crippen molar-refractivity contribution in [3.8, 4) is 5.75 Å². The third-order valence-electron chi connectivity index (χ3n) is 4.79.